The van der Waals surface area contributed by atoms with E-state index in [4.69, 9.17) is 27.9 Å². The van der Waals surface area contributed by atoms with E-state index in [1.165, 1.54) is 17.0 Å². The van der Waals surface area contributed by atoms with Crippen LogP contribution in [0.5, 0.6) is 5.75 Å². The lowest BCUT2D eigenvalue weighted by atomic mass is 10.1. The van der Waals surface area contributed by atoms with E-state index in [0.717, 1.165) is 9.87 Å². The topological polar surface area (TPSA) is 96.0 Å². The molecule has 0 heterocycles. The summed E-state index contributed by atoms with van der Waals surface area (Å²) in [5.41, 5.74) is 1.61. The number of amides is 2. The molecule has 42 heavy (non-hydrogen) atoms. The number of hydrogen-bond acceptors (Lipinski definition) is 5. The van der Waals surface area contributed by atoms with Crippen LogP contribution in [0, 0.1) is 6.92 Å². The van der Waals surface area contributed by atoms with Crippen molar-refractivity contribution in [2.24, 2.45) is 0 Å². The normalized spacial score (nSPS) is 12.1. The van der Waals surface area contributed by atoms with E-state index in [1.54, 1.807) is 61.5 Å². The largest absolute Gasteiger partial charge is 0.494 e. The van der Waals surface area contributed by atoms with Gasteiger partial charge >= 0.3 is 0 Å². The molecule has 3 aromatic carbocycles. The average Bonchev–Trinajstić information content (AvgIpc) is 2.93. The van der Waals surface area contributed by atoms with Gasteiger partial charge in [0.05, 0.1) is 17.2 Å². The van der Waals surface area contributed by atoms with Crippen molar-refractivity contribution in [2.45, 2.75) is 64.6 Å². The van der Waals surface area contributed by atoms with Crippen LogP contribution in [0.1, 0.15) is 45.2 Å². The van der Waals surface area contributed by atoms with Crippen LogP contribution in [0.25, 0.3) is 0 Å². The molecule has 3 aromatic rings. The lowest BCUT2D eigenvalue weighted by Gasteiger charge is -2.34. The zero-order chi connectivity index (χ0) is 31.0. The number of carbonyl (C=O) groups is 2. The highest BCUT2D eigenvalue weighted by atomic mass is 35.5. The van der Waals surface area contributed by atoms with Gasteiger partial charge < -0.3 is 15.0 Å². The van der Waals surface area contributed by atoms with Gasteiger partial charge in [-0.15, -0.1) is 0 Å². The molecule has 0 aromatic heterocycles. The maximum atomic E-state index is 14.2. The molecular weight excluding hydrogens is 597 g/mol. The molecule has 0 aliphatic carbocycles. The number of aryl methyl sites for hydroxylation is 1. The Hall–Kier alpha value is -3.27. The van der Waals surface area contributed by atoms with Crippen molar-refractivity contribution in [3.63, 3.8) is 0 Å². The lowest BCUT2D eigenvalue weighted by molar-refractivity contribution is -0.140. The van der Waals surface area contributed by atoms with Crippen LogP contribution in [-0.2, 0) is 26.2 Å². The van der Waals surface area contributed by atoms with Crippen molar-refractivity contribution in [3.05, 3.63) is 87.9 Å². The Kier molecular flexibility index (Phi) is 11.7. The number of sulfonamides is 1. The summed E-state index contributed by atoms with van der Waals surface area (Å²) in [7, 11) is -4.19. The number of ether oxygens (including phenoxy) is 1. The van der Waals surface area contributed by atoms with E-state index in [9.17, 15) is 18.0 Å². The predicted octanol–water partition coefficient (Wildman–Crippen LogP) is 6.23. The van der Waals surface area contributed by atoms with Gasteiger partial charge in [-0.25, -0.2) is 8.42 Å². The van der Waals surface area contributed by atoms with E-state index in [1.807, 2.05) is 27.7 Å². The van der Waals surface area contributed by atoms with Crippen molar-refractivity contribution in [1.29, 1.82) is 0 Å². The highest BCUT2D eigenvalue weighted by Gasteiger charge is 2.34. The van der Waals surface area contributed by atoms with Crippen molar-refractivity contribution in [3.8, 4) is 5.75 Å². The van der Waals surface area contributed by atoms with Crippen LogP contribution >= 0.6 is 23.2 Å². The summed E-state index contributed by atoms with van der Waals surface area (Å²) < 4.78 is 34.6. The number of rotatable bonds is 13. The second kappa shape index (κ2) is 14.8. The quantitative estimate of drug-likeness (QED) is 0.241. The summed E-state index contributed by atoms with van der Waals surface area (Å²) in [5.74, 6) is -0.397. The summed E-state index contributed by atoms with van der Waals surface area (Å²) in [6.45, 7) is 8.91. The van der Waals surface area contributed by atoms with Gasteiger partial charge in [0.1, 0.15) is 18.3 Å². The number of nitrogens with one attached hydrogen (secondary N) is 1. The van der Waals surface area contributed by atoms with E-state index < -0.39 is 28.5 Å². The highest BCUT2D eigenvalue weighted by Crippen LogP contribution is 2.29. The molecule has 1 N–H and O–H groups in total. The highest BCUT2D eigenvalue weighted by molar-refractivity contribution is 7.92. The molecule has 0 spiro atoms. The Balaban J connectivity index is 2.10. The third kappa shape index (κ3) is 8.18. The van der Waals surface area contributed by atoms with E-state index in [-0.39, 0.29) is 35.5 Å². The third-order valence-corrected chi connectivity index (χ3v) is 9.03. The molecule has 0 saturated heterocycles. The molecule has 0 aliphatic rings. The molecule has 226 valence electrons. The number of carbonyl (C=O) groups excluding carboxylic acids is 2. The summed E-state index contributed by atoms with van der Waals surface area (Å²) in [6.07, 6.45) is 0.278. The number of hydrogen-bond donors (Lipinski definition) is 1. The Bertz CT molecular complexity index is 1460. The molecule has 2 amide bonds. The second-order valence-electron chi connectivity index (χ2n) is 10.1. The SMILES string of the molecule is CCOc1ccc(N(CC(=O)N(Cc2c(Cl)cccc2Cl)C(CC)C(=O)NC(C)C)S(=O)(=O)c2ccc(C)cc2)cc1. The van der Waals surface area contributed by atoms with Gasteiger partial charge in [-0.05, 0) is 82.6 Å². The van der Waals surface area contributed by atoms with Crippen LogP contribution < -0.4 is 14.4 Å². The van der Waals surface area contributed by atoms with Gasteiger partial charge in [0.25, 0.3) is 10.0 Å². The minimum atomic E-state index is -4.19. The van der Waals surface area contributed by atoms with E-state index >= 15 is 0 Å². The van der Waals surface area contributed by atoms with Crippen LogP contribution in [0.3, 0.4) is 0 Å². The van der Waals surface area contributed by atoms with Gasteiger partial charge in [0.15, 0.2) is 0 Å². The maximum absolute atomic E-state index is 14.2. The zero-order valence-corrected chi connectivity index (χ0v) is 26.8. The fourth-order valence-corrected chi connectivity index (χ4v) is 6.33. The molecule has 1 unspecified atom stereocenters. The Morgan fingerprint density at radius 2 is 1.52 bits per heavy atom. The van der Waals surface area contributed by atoms with Gasteiger partial charge in [0.2, 0.25) is 11.8 Å². The van der Waals surface area contributed by atoms with Gasteiger partial charge in [-0.1, -0.05) is 53.9 Å². The van der Waals surface area contributed by atoms with Crippen molar-refractivity contribution < 1.29 is 22.7 Å². The molecule has 1 atom stereocenters. The average molecular weight is 635 g/mol. The monoisotopic (exact) mass is 633 g/mol. The van der Waals surface area contributed by atoms with E-state index in [2.05, 4.69) is 5.32 Å². The Morgan fingerprint density at radius 1 is 0.929 bits per heavy atom. The molecule has 8 nitrogen and oxygen atoms in total. The smallest absolute Gasteiger partial charge is 0.264 e. The standard InChI is InChI=1S/C31H37Cl2N3O5S/c1-6-29(31(38)34-21(3)4)35(19-26-27(32)9-8-10-28(26)33)30(37)20-36(23-13-15-24(16-14-23)41-7-2)42(39,40)25-17-11-22(5)12-18-25/h8-18,21,29H,6-7,19-20H2,1-5H3,(H,34,38). The molecule has 0 radical (unpaired) electrons. The van der Waals surface area contributed by atoms with Gasteiger partial charge in [-0.2, -0.15) is 0 Å². The second-order valence-corrected chi connectivity index (χ2v) is 12.7. The van der Waals surface area contributed by atoms with Gasteiger partial charge in [-0.3, -0.25) is 13.9 Å². The molecule has 0 saturated carbocycles. The van der Waals surface area contributed by atoms with Crippen molar-refractivity contribution >= 4 is 50.7 Å². The first-order chi connectivity index (χ1) is 19.9. The molecule has 11 heteroatoms. The summed E-state index contributed by atoms with van der Waals surface area (Å²) in [5, 5.41) is 3.52. The number of anilines is 1. The molecule has 3 rings (SSSR count). The Labute approximate surface area is 258 Å². The van der Waals surface area contributed by atoms with Gasteiger partial charge in [0, 0.05) is 28.2 Å². The van der Waals surface area contributed by atoms with Crippen LogP contribution in [0.2, 0.25) is 10.0 Å². The first kappa shape index (κ1) is 33.2. The van der Waals surface area contributed by atoms with Crippen molar-refractivity contribution in [1.82, 2.24) is 10.2 Å². The molecule has 0 aliphatic heterocycles. The fourth-order valence-electron chi connectivity index (χ4n) is 4.40. The number of benzene rings is 3. The first-order valence-electron chi connectivity index (χ1n) is 13.7. The molecule has 0 bridgehead atoms. The number of nitrogens with zero attached hydrogens (tertiary/aromatic N) is 2. The fraction of sp³-hybridized carbons (Fsp3) is 0.355. The number of halogens is 2. The Morgan fingerprint density at radius 3 is 2.05 bits per heavy atom. The van der Waals surface area contributed by atoms with E-state index in [0.29, 0.717) is 28.0 Å². The summed E-state index contributed by atoms with van der Waals surface area (Å²) >= 11 is 12.9. The molecular formula is C31H37Cl2N3O5S. The molecule has 0 fully saturated rings. The predicted molar refractivity (Wildman–Crippen MR) is 168 cm³/mol. The van der Waals surface area contributed by atoms with Crippen LogP contribution in [-0.4, -0.2) is 50.4 Å². The van der Waals surface area contributed by atoms with Crippen molar-refractivity contribution in [2.75, 3.05) is 17.5 Å². The minimum absolute atomic E-state index is 0.0278. The first-order valence-corrected chi connectivity index (χ1v) is 15.9. The minimum Gasteiger partial charge on any atom is -0.494 e. The van der Waals surface area contributed by atoms with Crippen LogP contribution in [0.15, 0.2) is 71.6 Å². The third-order valence-electron chi connectivity index (χ3n) is 6.53. The summed E-state index contributed by atoms with van der Waals surface area (Å²) in [6, 6.07) is 16.8. The lowest BCUT2D eigenvalue weighted by Crippen LogP contribution is -2.53. The van der Waals surface area contributed by atoms with Crippen LogP contribution in [0.4, 0.5) is 5.69 Å². The zero-order valence-electron chi connectivity index (χ0n) is 24.4. The summed E-state index contributed by atoms with van der Waals surface area (Å²) in [4.78, 5) is 28.8. The maximum Gasteiger partial charge on any atom is 0.264 e.